The largest absolute Gasteiger partial charge is 0.466 e. The van der Waals surface area contributed by atoms with Gasteiger partial charge in [0.2, 0.25) is 0 Å². The minimum Gasteiger partial charge on any atom is -0.466 e. The number of nitrogens with zero attached hydrogens (tertiary/aromatic N) is 3. The minimum atomic E-state index is -0.203. The zero-order chi connectivity index (χ0) is 14.4. The first kappa shape index (κ1) is 14.3. The van der Waals surface area contributed by atoms with Crippen molar-refractivity contribution in [3.8, 4) is 6.07 Å². The summed E-state index contributed by atoms with van der Waals surface area (Å²) in [5, 5.41) is 8.73. The Kier molecular flexibility index (Phi) is 4.94. The van der Waals surface area contributed by atoms with Gasteiger partial charge in [-0.1, -0.05) is 0 Å². The van der Waals surface area contributed by atoms with Gasteiger partial charge in [-0.2, -0.15) is 5.26 Å². The van der Waals surface area contributed by atoms with Gasteiger partial charge in [-0.05, 0) is 37.3 Å². The van der Waals surface area contributed by atoms with E-state index in [-0.39, 0.29) is 5.97 Å². The molecule has 0 radical (unpaired) electrons. The zero-order valence-electron chi connectivity index (χ0n) is 11.7. The first-order valence-corrected chi connectivity index (χ1v) is 6.93. The molecule has 0 atom stereocenters. The van der Waals surface area contributed by atoms with E-state index in [2.05, 4.69) is 9.88 Å². The molecule has 0 spiro atoms. The van der Waals surface area contributed by atoms with Gasteiger partial charge in [0, 0.05) is 20.0 Å². The second-order valence-corrected chi connectivity index (χ2v) is 5.07. The fraction of sp³-hybridized carbons (Fsp3) is 0.533. The third-order valence-corrected chi connectivity index (χ3v) is 3.67. The van der Waals surface area contributed by atoms with Gasteiger partial charge in [0.25, 0.3) is 0 Å². The van der Waals surface area contributed by atoms with Crippen LogP contribution in [0.25, 0.3) is 0 Å². The van der Waals surface area contributed by atoms with Crippen LogP contribution in [0.5, 0.6) is 0 Å². The maximum absolute atomic E-state index is 10.7. The van der Waals surface area contributed by atoms with Crippen molar-refractivity contribution in [1.29, 1.82) is 5.26 Å². The number of carbonyl (C=O) groups is 1. The van der Waals surface area contributed by atoms with Gasteiger partial charge in [-0.3, -0.25) is 4.79 Å². The molecule has 5 heteroatoms. The summed E-state index contributed by atoms with van der Waals surface area (Å²) >= 11 is 0. The van der Waals surface area contributed by atoms with Gasteiger partial charge in [-0.15, -0.1) is 0 Å². The standard InChI is InChI=1S/C15H19N3O2/c1-12(19)20-9-6-13-4-7-18(8-5-13)15-3-2-14(10-16)17-11-15/h2-3,11,13H,4-9H2,1H3. The van der Waals surface area contributed by atoms with Crippen molar-refractivity contribution in [2.75, 3.05) is 24.6 Å². The number of ether oxygens (including phenoxy) is 1. The Bertz CT molecular complexity index is 485. The third kappa shape index (κ3) is 3.95. The topological polar surface area (TPSA) is 66.2 Å². The molecular weight excluding hydrogens is 254 g/mol. The Balaban J connectivity index is 1.78. The molecule has 0 bridgehead atoms. The average Bonchev–Trinajstić information content (AvgIpc) is 2.48. The van der Waals surface area contributed by atoms with Crippen LogP contribution in [0.15, 0.2) is 18.3 Å². The highest BCUT2D eigenvalue weighted by molar-refractivity contribution is 5.65. The number of hydrogen-bond donors (Lipinski definition) is 0. The smallest absolute Gasteiger partial charge is 0.302 e. The quantitative estimate of drug-likeness (QED) is 0.786. The molecule has 2 heterocycles. The normalized spacial score (nSPS) is 15.7. The SMILES string of the molecule is CC(=O)OCCC1CCN(c2ccc(C#N)nc2)CC1. The van der Waals surface area contributed by atoms with Crippen molar-refractivity contribution >= 4 is 11.7 Å². The lowest BCUT2D eigenvalue weighted by Gasteiger charge is -2.33. The molecule has 1 saturated heterocycles. The highest BCUT2D eigenvalue weighted by atomic mass is 16.5. The van der Waals surface area contributed by atoms with E-state index in [9.17, 15) is 4.79 Å². The number of nitriles is 1. The molecule has 0 unspecified atom stereocenters. The molecule has 106 valence electrons. The van der Waals surface area contributed by atoms with Crippen molar-refractivity contribution in [1.82, 2.24) is 4.98 Å². The molecule has 1 aliphatic heterocycles. The first-order chi connectivity index (χ1) is 9.69. The number of piperidine rings is 1. The van der Waals surface area contributed by atoms with E-state index < -0.39 is 0 Å². The molecule has 1 aromatic rings. The van der Waals surface area contributed by atoms with E-state index in [0.717, 1.165) is 38.0 Å². The number of rotatable bonds is 4. The summed E-state index contributed by atoms with van der Waals surface area (Å²) in [6.07, 6.45) is 4.90. The molecule has 1 aliphatic rings. The summed E-state index contributed by atoms with van der Waals surface area (Å²) in [6.45, 7) is 3.94. The van der Waals surface area contributed by atoms with Crippen molar-refractivity contribution < 1.29 is 9.53 Å². The molecule has 5 nitrogen and oxygen atoms in total. The van der Waals surface area contributed by atoms with Crippen LogP contribution in [0.3, 0.4) is 0 Å². The van der Waals surface area contributed by atoms with Crippen LogP contribution in [0, 0.1) is 17.2 Å². The summed E-state index contributed by atoms with van der Waals surface area (Å²) in [7, 11) is 0. The number of aromatic nitrogens is 1. The summed E-state index contributed by atoms with van der Waals surface area (Å²) in [6, 6.07) is 5.73. The molecule has 1 fully saturated rings. The van der Waals surface area contributed by atoms with Gasteiger partial charge < -0.3 is 9.64 Å². The van der Waals surface area contributed by atoms with E-state index >= 15 is 0 Å². The van der Waals surface area contributed by atoms with Crippen LogP contribution in [0.2, 0.25) is 0 Å². The highest BCUT2D eigenvalue weighted by Crippen LogP contribution is 2.24. The van der Waals surface area contributed by atoms with Crippen LogP contribution in [-0.2, 0) is 9.53 Å². The van der Waals surface area contributed by atoms with Gasteiger partial charge >= 0.3 is 5.97 Å². The summed E-state index contributed by atoms with van der Waals surface area (Å²) in [4.78, 5) is 17.1. The Morgan fingerprint density at radius 3 is 2.80 bits per heavy atom. The maximum Gasteiger partial charge on any atom is 0.302 e. The predicted molar refractivity (Wildman–Crippen MR) is 75.1 cm³/mol. The van der Waals surface area contributed by atoms with Crippen molar-refractivity contribution in [3.05, 3.63) is 24.0 Å². The number of carbonyl (C=O) groups excluding carboxylic acids is 1. The lowest BCUT2D eigenvalue weighted by molar-refractivity contribution is -0.141. The summed E-state index contributed by atoms with van der Waals surface area (Å²) < 4.78 is 4.99. The predicted octanol–water partition coefficient (Wildman–Crippen LogP) is 2.12. The maximum atomic E-state index is 10.7. The van der Waals surface area contributed by atoms with Crippen LogP contribution in [0.4, 0.5) is 5.69 Å². The number of hydrogen-bond acceptors (Lipinski definition) is 5. The molecule has 0 amide bonds. The number of pyridine rings is 1. The van der Waals surface area contributed by atoms with E-state index in [1.165, 1.54) is 6.92 Å². The van der Waals surface area contributed by atoms with E-state index in [4.69, 9.17) is 10.00 Å². The third-order valence-electron chi connectivity index (χ3n) is 3.67. The van der Waals surface area contributed by atoms with Crippen molar-refractivity contribution in [3.63, 3.8) is 0 Å². The van der Waals surface area contributed by atoms with Gasteiger partial charge in [0.15, 0.2) is 0 Å². The average molecular weight is 273 g/mol. The first-order valence-electron chi connectivity index (χ1n) is 6.93. The molecule has 20 heavy (non-hydrogen) atoms. The van der Waals surface area contributed by atoms with Crippen LogP contribution < -0.4 is 4.90 Å². The second kappa shape index (κ2) is 6.90. The Labute approximate surface area is 119 Å². The van der Waals surface area contributed by atoms with Gasteiger partial charge in [0.1, 0.15) is 11.8 Å². The fourth-order valence-corrected chi connectivity index (χ4v) is 2.49. The lowest BCUT2D eigenvalue weighted by atomic mass is 9.94. The van der Waals surface area contributed by atoms with Crippen LogP contribution in [0.1, 0.15) is 31.9 Å². The van der Waals surface area contributed by atoms with E-state index in [0.29, 0.717) is 18.2 Å². The van der Waals surface area contributed by atoms with Crippen molar-refractivity contribution in [2.24, 2.45) is 5.92 Å². The molecule has 0 aromatic carbocycles. The Morgan fingerprint density at radius 1 is 1.50 bits per heavy atom. The zero-order valence-corrected chi connectivity index (χ0v) is 11.7. The van der Waals surface area contributed by atoms with Crippen LogP contribution >= 0.6 is 0 Å². The summed E-state index contributed by atoms with van der Waals surface area (Å²) in [5.41, 5.74) is 1.52. The monoisotopic (exact) mass is 273 g/mol. The molecule has 0 N–H and O–H groups in total. The van der Waals surface area contributed by atoms with E-state index in [1.54, 1.807) is 12.3 Å². The fourth-order valence-electron chi connectivity index (χ4n) is 2.49. The number of esters is 1. The highest BCUT2D eigenvalue weighted by Gasteiger charge is 2.19. The Morgan fingerprint density at radius 2 is 2.25 bits per heavy atom. The minimum absolute atomic E-state index is 0.203. The number of anilines is 1. The van der Waals surface area contributed by atoms with Crippen molar-refractivity contribution in [2.45, 2.75) is 26.2 Å². The molecule has 1 aromatic heterocycles. The van der Waals surface area contributed by atoms with Gasteiger partial charge in [-0.25, -0.2) is 4.98 Å². The van der Waals surface area contributed by atoms with Crippen LogP contribution in [-0.4, -0.2) is 30.6 Å². The van der Waals surface area contributed by atoms with E-state index in [1.807, 2.05) is 12.1 Å². The Hall–Kier alpha value is -2.09. The lowest BCUT2D eigenvalue weighted by Crippen LogP contribution is -2.34. The molecule has 2 rings (SSSR count). The van der Waals surface area contributed by atoms with Gasteiger partial charge in [0.05, 0.1) is 18.5 Å². The molecular formula is C15H19N3O2. The molecule has 0 saturated carbocycles. The molecule has 0 aliphatic carbocycles. The second-order valence-electron chi connectivity index (χ2n) is 5.07. The summed E-state index contributed by atoms with van der Waals surface area (Å²) in [5.74, 6) is 0.419.